The molecule has 4 rings (SSSR count). The monoisotopic (exact) mass is 455 g/mol. The molecule has 0 saturated carbocycles. The quantitative estimate of drug-likeness (QED) is 0.641. The number of halogens is 2. The number of carbonyl (C=O) groups is 2. The molecule has 1 aliphatic heterocycles. The average molecular weight is 456 g/mol. The first-order valence-corrected chi connectivity index (χ1v) is 10.6. The van der Waals surface area contributed by atoms with Crippen molar-refractivity contribution in [1.29, 1.82) is 0 Å². The Labute approximate surface area is 190 Å². The van der Waals surface area contributed by atoms with E-state index < -0.39 is 0 Å². The van der Waals surface area contributed by atoms with Crippen LogP contribution < -0.4 is 5.32 Å². The number of amides is 3. The second-order valence-electron chi connectivity index (χ2n) is 7.72. The second-order valence-corrected chi connectivity index (χ2v) is 8.08. The lowest BCUT2D eigenvalue weighted by molar-refractivity contribution is 0.0671. The Kier molecular flexibility index (Phi) is 6.14. The highest BCUT2D eigenvalue weighted by molar-refractivity contribution is 6.33. The lowest BCUT2D eigenvalue weighted by Gasteiger charge is -2.34. The summed E-state index contributed by atoms with van der Waals surface area (Å²) in [7, 11) is 0. The molecule has 0 spiro atoms. The van der Waals surface area contributed by atoms with Gasteiger partial charge < -0.3 is 15.1 Å². The van der Waals surface area contributed by atoms with Crippen LogP contribution in [0.3, 0.4) is 0 Å². The topological polar surface area (TPSA) is 70.5 Å². The maximum atomic E-state index is 13.2. The standard InChI is InChI=1S/C23H23ClFN5O2/c1-15-4-3-5-18(14-15)26-23(32)29-12-10-28(11-13-29)22(31)20-16(2)27-30(21(20)24)19-8-6-17(25)7-9-19/h3-9,14H,10-13H2,1-2H3,(H,26,32). The molecule has 9 heteroatoms. The third-order valence-corrected chi connectivity index (χ3v) is 5.76. The molecule has 0 atom stereocenters. The fourth-order valence-electron chi connectivity index (χ4n) is 3.69. The minimum atomic E-state index is -0.366. The second kappa shape index (κ2) is 9.00. The Morgan fingerprint density at radius 3 is 2.31 bits per heavy atom. The Morgan fingerprint density at radius 1 is 1.00 bits per heavy atom. The molecule has 1 N–H and O–H groups in total. The molecule has 2 aromatic carbocycles. The highest BCUT2D eigenvalue weighted by Crippen LogP contribution is 2.25. The summed E-state index contributed by atoms with van der Waals surface area (Å²) >= 11 is 6.48. The normalized spacial score (nSPS) is 13.9. The number of rotatable bonds is 3. The molecule has 0 radical (unpaired) electrons. The number of hydrogen-bond acceptors (Lipinski definition) is 3. The van der Waals surface area contributed by atoms with E-state index in [0.29, 0.717) is 43.1 Å². The van der Waals surface area contributed by atoms with Crippen molar-refractivity contribution < 1.29 is 14.0 Å². The van der Waals surface area contributed by atoms with Crippen molar-refractivity contribution in [3.63, 3.8) is 0 Å². The van der Waals surface area contributed by atoms with Gasteiger partial charge in [-0.1, -0.05) is 23.7 Å². The van der Waals surface area contributed by atoms with E-state index in [9.17, 15) is 14.0 Å². The molecule has 1 fully saturated rings. The van der Waals surface area contributed by atoms with E-state index in [0.717, 1.165) is 11.3 Å². The molecule has 1 aliphatic rings. The predicted molar refractivity (Wildman–Crippen MR) is 121 cm³/mol. The van der Waals surface area contributed by atoms with Gasteiger partial charge in [-0.05, 0) is 55.8 Å². The number of aromatic nitrogens is 2. The summed E-state index contributed by atoms with van der Waals surface area (Å²) < 4.78 is 14.7. The van der Waals surface area contributed by atoms with Gasteiger partial charge in [0.2, 0.25) is 0 Å². The van der Waals surface area contributed by atoms with E-state index in [4.69, 9.17) is 11.6 Å². The van der Waals surface area contributed by atoms with Crippen LogP contribution in [0.2, 0.25) is 5.15 Å². The Morgan fingerprint density at radius 2 is 1.66 bits per heavy atom. The molecule has 1 aromatic heterocycles. The first-order chi connectivity index (χ1) is 15.3. The van der Waals surface area contributed by atoms with Crippen LogP contribution in [0.15, 0.2) is 48.5 Å². The summed E-state index contributed by atoms with van der Waals surface area (Å²) in [5, 5.41) is 7.44. The predicted octanol–water partition coefficient (Wildman–Crippen LogP) is 4.27. The third kappa shape index (κ3) is 4.45. The van der Waals surface area contributed by atoms with Crippen LogP contribution in [0.25, 0.3) is 5.69 Å². The summed E-state index contributed by atoms with van der Waals surface area (Å²) in [6.45, 7) is 5.27. The minimum Gasteiger partial charge on any atom is -0.335 e. The SMILES string of the molecule is Cc1cccc(NC(=O)N2CCN(C(=O)c3c(C)nn(-c4ccc(F)cc4)c3Cl)CC2)c1. The summed E-state index contributed by atoms with van der Waals surface area (Å²) in [4.78, 5) is 29.1. The largest absolute Gasteiger partial charge is 0.335 e. The van der Waals surface area contributed by atoms with Crippen LogP contribution in [0.4, 0.5) is 14.9 Å². The number of nitrogens with zero attached hydrogens (tertiary/aromatic N) is 4. The average Bonchev–Trinajstić information content (AvgIpc) is 3.07. The molecular weight excluding hydrogens is 433 g/mol. The van der Waals surface area contributed by atoms with Gasteiger partial charge in [0, 0.05) is 31.9 Å². The first kappa shape index (κ1) is 21.8. The van der Waals surface area contributed by atoms with Crippen LogP contribution in [0.1, 0.15) is 21.6 Å². The molecule has 0 aliphatic carbocycles. The number of benzene rings is 2. The summed E-state index contributed by atoms with van der Waals surface area (Å²) in [6.07, 6.45) is 0. The van der Waals surface area contributed by atoms with Gasteiger partial charge in [-0.25, -0.2) is 13.9 Å². The van der Waals surface area contributed by atoms with Crippen LogP contribution in [0, 0.1) is 19.7 Å². The number of urea groups is 1. The van der Waals surface area contributed by atoms with Gasteiger partial charge in [-0.15, -0.1) is 0 Å². The number of hydrogen-bond donors (Lipinski definition) is 1. The fraction of sp³-hybridized carbons (Fsp3) is 0.261. The summed E-state index contributed by atoms with van der Waals surface area (Å²) in [5.74, 6) is -0.603. The molecular formula is C23H23ClFN5O2. The molecule has 0 unspecified atom stereocenters. The molecule has 166 valence electrons. The number of piperazine rings is 1. The Hall–Kier alpha value is -3.39. The minimum absolute atomic E-state index is 0.179. The van der Waals surface area contributed by atoms with Crippen LogP contribution in [0.5, 0.6) is 0 Å². The van der Waals surface area contributed by atoms with Gasteiger partial charge in [0.25, 0.3) is 5.91 Å². The van der Waals surface area contributed by atoms with E-state index in [2.05, 4.69) is 10.4 Å². The van der Waals surface area contributed by atoms with Crippen molar-refractivity contribution in [3.8, 4) is 5.69 Å². The van der Waals surface area contributed by atoms with Crippen LogP contribution >= 0.6 is 11.6 Å². The zero-order valence-electron chi connectivity index (χ0n) is 17.8. The van der Waals surface area contributed by atoms with Crippen molar-refractivity contribution in [2.24, 2.45) is 0 Å². The van der Waals surface area contributed by atoms with Gasteiger partial charge in [0.15, 0.2) is 0 Å². The number of aryl methyl sites for hydroxylation is 2. The van der Waals surface area contributed by atoms with Gasteiger partial charge in [-0.2, -0.15) is 5.10 Å². The van der Waals surface area contributed by atoms with E-state index in [1.807, 2.05) is 31.2 Å². The summed E-state index contributed by atoms with van der Waals surface area (Å²) in [5.41, 5.74) is 3.17. The molecule has 32 heavy (non-hydrogen) atoms. The Bertz CT molecular complexity index is 1150. The van der Waals surface area contributed by atoms with Crippen LogP contribution in [-0.4, -0.2) is 57.7 Å². The van der Waals surface area contributed by atoms with E-state index in [-0.39, 0.29) is 22.9 Å². The highest BCUT2D eigenvalue weighted by Gasteiger charge is 2.29. The van der Waals surface area contributed by atoms with Crippen molar-refractivity contribution >= 4 is 29.2 Å². The van der Waals surface area contributed by atoms with E-state index >= 15 is 0 Å². The van der Waals surface area contributed by atoms with Gasteiger partial charge in [-0.3, -0.25) is 4.79 Å². The lowest BCUT2D eigenvalue weighted by atomic mass is 10.2. The van der Waals surface area contributed by atoms with Gasteiger partial charge in [0.05, 0.1) is 16.9 Å². The maximum Gasteiger partial charge on any atom is 0.321 e. The van der Waals surface area contributed by atoms with Crippen molar-refractivity contribution in [1.82, 2.24) is 19.6 Å². The molecule has 2 heterocycles. The first-order valence-electron chi connectivity index (χ1n) is 10.3. The maximum absolute atomic E-state index is 13.2. The zero-order valence-corrected chi connectivity index (χ0v) is 18.6. The smallest absolute Gasteiger partial charge is 0.321 e. The molecule has 3 aromatic rings. The molecule has 7 nitrogen and oxygen atoms in total. The lowest BCUT2D eigenvalue weighted by Crippen LogP contribution is -2.51. The van der Waals surface area contributed by atoms with Gasteiger partial charge in [0.1, 0.15) is 11.0 Å². The van der Waals surface area contributed by atoms with Gasteiger partial charge >= 0.3 is 6.03 Å². The molecule has 0 bridgehead atoms. The van der Waals surface area contributed by atoms with Crippen LogP contribution in [-0.2, 0) is 0 Å². The number of carbonyl (C=O) groups excluding carboxylic acids is 2. The van der Waals surface area contributed by atoms with Crippen molar-refractivity contribution in [2.75, 3.05) is 31.5 Å². The molecule has 1 saturated heterocycles. The van der Waals surface area contributed by atoms with E-state index in [1.54, 1.807) is 28.9 Å². The van der Waals surface area contributed by atoms with E-state index in [1.165, 1.54) is 16.8 Å². The van der Waals surface area contributed by atoms with Crippen molar-refractivity contribution in [2.45, 2.75) is 13.8 Å². The highest BCUT2D eigenvalue weighted by atomic mass is 35.5. The summed E-state index contributed by atoms with van der Waals surface area (Å²) in [6, 6.07) is 13.1. The third-order valence-electron chi connectivity index (χ3n) is 5.41. The molecule has 3 amide bonds. The fourth-order valence-corrected chi connectivity index (χ4v) is 4.04. The zero-order chi connectivity index (χ0) is 22.8. The number of anilines is 1. The van der Waals surface area contributed by atoms with Crippen molar-refractivity contribution in [3.05, 3.63) is 76.3 Å². The Balaban J connectivity index is 1.42. The number of nitrogens with one attached hydrogen (secondary N) is 1.